The summed E-state index contributed by atoms with van der Waals surface area (Å²) in [6.45, 7) is 6.35. The van der Waals surface area contributed by atoms with Crippen LogP contribution in [0.1, 0.15) is 26.5 Å². The molecule has 82 valence electrons. The summed E-state index contributed by atoms with van der Waals surface area (Å²) < 4.78 is 0. The highest BCUT2D eigenvalue weighted by atomic mass is 32.1. The van der Waals surface area contributed by atoms with Crippen molar-refractivity contribution in [3.63, 3.8) is 0 Å². The third kappa shape index (κ3) is 3.43. The number of nitrogens with zero attached hydrogens (tertiary/aromatic N) is 2. The van der Waals surface area contributed by atoms with Crippen molar-refractivity contribution in [2.75, 3.05) is 5.32 Å². The molecule has 1 rings (SSSR count). The zero-order chi connectivity index (χ0) is 11.4. The van der Waals surface area contributed by atoms with Crippen LogP contribution in [0.15, 0.2) is 12.3 Å². The lowest BCUT2D eigenvalue weighted by molar-refractivity contribution is 0.556. The minimum atomic E-state index is 0.289. The molecule has 0 aliphatic carbocycles. The Morgan fingerprint density at radius 1 is 1.47 bits per heavy atom. The number of anilines is 1. The largest absolute Gasteiger partial charge is 0.388 e. The van der Waals surface area contributed by atoms with Gasteiger partial charge in [0.25, 0.3) is 0 Å². The molecule has 0 aliphatic rings. The third-order valence-corrected chi connectivity index (χ3v) is 2.47. The Kier molecular flexibility index (Phi) is 3.96. The van der Waals surface area contributed by atoms with Gasteiger partial charge in [-0.1, -0.05) is 26.1 Å². The third-order valence-electron chi connectivity index (χ3n) is 2.26. The second kappa shape index (κ2) is 5.02. The number of nitrogens with two attached hydrogens (primary N) is 1. The number of rotatable bonds is 4. The maximum absolute atomic E-state index is 5.49. The second-order valence-electron chi connectivity index (χ2n) is 3.81. The topological polar surface area (TPSA) is 63.8 Å². The lowest BCUT2D eigenvalue weighted by Crippen LogP contribution is -2.23. The predicted molar refractivity (Wildman–Crippen MR) is 65.8 cm³/mol. The molecule has 3 N–H and O–H groups in total. The lowest BCUT2D eigenvalue weighted by atomic mass is 10.1. The van der Waals surface area contributed by atoms with Crippen molar-refractivity contribution in [2.45, 2.75) is 26.8 Å². The van der Waals surface area contributed by atoms with Crippen LogP contribution in [0.25, 0.3) is 0 Å². The summed E-state index contributed by atoms with van der Waals surface area (Å²) in [7, 11) is 0. The van der Waals surface area contributed by atoms with E-state index in [1.165, 1.54) is 0 Å². The minimum absolute atomic E-state index is 0.289. The van der Waals surface area contributed by atoms with Gasteiger partial charge in [0, 0.05) is 12.2 Å². The average Bonchev–Trinajstić information content (AvgIpc) is 2.18. The Hall–Kier alpha value is -1.23. The van der Waals surface area contributed by atoms with E-state index in [2.05, 4.69) is 36.1 Å². The Morgan fingerprint density at radius 2 is 2.13 bits per heavy atom. The molecular formula is C10H16N4S. The first-order chi connectivity index (χ1) is 7.00. The highest BCUT2D eigenvalue weighted by molar-refractivity contribution is 7.80. The molecule has 0 spiro atoms. The molecule has 1 aromatic heterocycles. The van der Waals surface area contributed by atoms with E-state index in [9.17, 15) is 0 Å². The molecule has 0 saturated carbocycles. The van der Waals surface area contributed by atoms with Crippen LogP contribution in [-0.4, -0.2) is 21.0 Å². The van der Waals surface area contributed by atoms with E-state index in [1.807, 2.05) is 0 Å². The monoisotopic (exact) mass is 224 g/mol. The van der Waals surface area contributed by atoms with E-state index in [0.717, 1.165) is 0 Å². The zero-order valence-electron chi connectivity index (χ0n) is 9.19. The Bertz CT molecular complexity index is 351. The molecule has 0 fully saturated rings. The van der Waals surface area contributed by atoms with Gasteiger partial charge in [0.2, 0.25) is 5.95 Å². The van der Waals surface area contributed by atoms with Gasteiger partial charge in [-0.3, -0.25) is 0 Å². The van der Waals surface area contributed by atoms with Crippen LogP contribution >= 0.6 is 12.2 Å². The molecule has 0 aromatic carbocycles. The molecule has 0 radical (unpaired) electrons. The van der Waals surface area contributed by atoms with Gasteiger partial charge in [-0.2, -0.15) is 0 Å². The van der Waals surface area contributed by atoms with E-state index < -0.39 is 0 Å². The zero-order valence-corrected chi connectivity index (χ0v) is 10.0. The fraction of sp³-hybridized carbons (Fsp3) is 0.500. The average molecular weight is 224 g/mol. The molecule has 1 heterocycles. The SMILES string of the molecule is CC(C)C(C)Nc1nccc(C(N)=S)n1. The number of aromatic nitrogens is 2. The summed E-state index contributed by atoms with van der Waals surface area (Å²) in [6, 6.07) is 2.01. The van der Waals surface area contributed by atoms with Gasteiger partial charge >= 0.3 is 0 Å². The lowest BCUT2D eigenvalue weighted by Gasteiger charge is -2.17. The van der Waals surface area contributed by atoms with Crippen LogP contribution in [0, 0.1) is 5.92 Å². The standard InChI is InChI=1S/C10H16N4S/c1-6(2)7(3)13-10-12-5-4-8(14-10)9(11)15/h4-7H,1-3H3,(H2,11,15)(H,12,13,14). The maximum atomic E-state index is 5.49. The first-order valence-corrected chi connectivity index (χ1v) is 5.31. The second-order valence-corrected chi connectivity index (χ2v) is 4.25. The first-order valence-electron chi connectivity index (χ1n) is 4.90. The van der Waals surface area contributed by atoms with Crippen molar-refractivity contribution in [3.8, 4) is 0 Å². The van der Waals surface area contributed by atoms with E-state index in [-0.39, 0.29) is 4.99 Å². The minimum Gasteiger partial charge on any atom is -0.388 e. The Morgan fingerprint density at radius 3 is 2.67 bits per heavy atom. The number of nitrogens with one attached hydrogen (secondary N) is 1. The van der Waals surface area contributed by atoms with E-state index >= 15 is 0 Å². The molecule has 0 amide bonds. The van der Waals surface area contributed by atoms with Crippen molar-refractivity contribution in [2.24, 2.45) is 11.7 Å². The van der Waals surface area contributed by atoms with Gasteiger partial charge in [-0.05, 0) is 18.9 Å². The maximum Gasteiger partial charge on any atom is 0.223 e. The van der Waals surface area contributed by atoms with E-state index in [0.29, 0.717) is 23.6 Å². The normalized spacial score (nSPS) is 12.5. The molecule has 0 saturated heterocycles. The van der Waals surface area contributed by atoms with E-state index in [4.69, 9.17) is 18.0 Å². The van der Waals surface area contributed by atoms with Gasteiger partial charge in [0.1, 0.15) is 10.7 Å². The van der Waals surface area contributed by atoms with Gasteiger partial charge in [-0.15, -0.1) is 0 Å². The summed E-state index contributed by atoms with van der Waals surface area (Å²) in [5.41, 5.74) is 6.08. The van der Waals surface area contributed by atoms with Gasteiger partial charge in [0.15, 0.2) is 0 Å². The number of hydrogen-bond donors (Lipinski definition) is 2. The van der Waals surface area contributed by atoms with E-state index in [1.54, 1.807) is 12.3 Å². The summed E-state index contributed by atoms with van der Waals surface area (Å²) in [4.78, 5) is 8.60. The smallest absolute Gasteiger partial charge is 0.223 e. The van der Waals surface area contributed by atoms with Crippen LogP contribution < -0.4 is 11.1 Å². The van der Waals surface area contributed by atoms with Gasteiger partial charge in [-0.25, -0.2) is 9.97 Å². The van der Waals surface area contributed by atoms with Crippen LogP contribution in [0.5, 0.6) is 0 Å². The van der Waals surface area contributed by atoms with Crippen molar-refractivity contribution >= 4 is 23.2 Å². The fourth-order valence-electron chi connectivity index (χ4n) is 0.936. The molecule has 5 heteroatoms. The number of hydrogen-bond acceptors (Lipinski definition) is 4. The van der Waals surface area contributed by atoms with Gasteiger partial charge in [0.05, 0.1) is 0 Å². The molecule has 15 heavy (non-hydrogen) atoms. The Labute approximate surface area is 95.3 Å². The summed E-state index contributed by atoms with van der Waals surface area (Å²) in [5, 5.41) is 3.20. The van der Waals surface area contributed by atoms with Crippen molar-refractivity contribution in [1.29, 1.82) is 0 Å². The van der Waals surface area contributed by atoms with Crippen molar-refractivity contribution < 1.29 is 0 Å². The molecule has 1 unspecified atom stereocenters. The summed E-state index contributed by atoms with van der Waals surface area (Å²) in [6.07, 6.45) is 1.65. The van der Waals surface area contributed by atoms with Crippen LogP contribution in [0.2, 0.25) is 0 Å². The van der Waals surface area contributed by atoms with Crippen LogP contribution in [0.3, 0.4) is 0 Å². The van der Waals surface area contributed by atoms with Gasteiger partial charge < -0.3 is 11.1 Å². The number of thiocarbonyl (C=S) groups is 1. The highest BCUT2D eigenvalue weighted by Crippen LogP contribution is 2.07. The predicted octanol–water partition coefficient (Wildman–Crippen LogP) is 1.57. The molecular weight excluding hydrogens is 208 g/mol. The Balaban J connectivity index is 2.78. The molecule has 0 bridgehead atoms. The fourth-order valence-corrected chi connectivity index (χ4v) is 1.05. The quantitative estimate of drug-likeness (QED) is 0.760. The van der Waals surface area contributed by atoms with Crippen LogP contribution in [-0.2, 0) is 0 Å². The molecule has 1 aromatic rings. The molecule has 0 aliphatic heterocycles. The summed E-state index contributed by atoms with van der Waals surface area (Å²) >= 11 is 4.85. The summed E-state index contributed by atoms with van der Waals surface area (Å²) in [5.74, 6) is 1.09. The highest BCUT2D eigenvalue weighted by Gasteiger charge is 2.08. The van der Waals surface area contributed by atoms with Crippen molar-refractivity contribution in [3.05, 3.63) is 18.0 Å². The molecule has 4 nitrogen and oxygen atoms in total. The molecule has 1 atom stereocenters. The van der Waals surface area contributed by atoms with Crippen molar-refractivity contribution in [1.82, 2.24) is 9.97 Å². The first kappa shape index (κ1) is 11.8. The van der Waals surface area contributed by atoms with Crippen LogP contribution in [0.4, 0.5) is 5.95 Å².